The van der Waals surface area contributed by atoms with Gasteiger partial charge in [0.2, 0.25) is 0 Å². The molecule has 0 spiro atoms. The summed E-state index contributed by atoms with van der Waals surface area (Å²) in [6, 6.07) is 0. The van der Waals surface area contributed by atoms with Crippen LogP contribution < -0.4 is 15.5 Å². The number of rotatable bonds is 2. The molecule has 0 aromatic heterocycles. The van der Waals surface area contributed by atoms with Crippen molar-refractivity contribution in [2.45, 2.75) is 0 Å². The minimum absolute atomic E-state index is 0.144. The van der Waals surface area contributed by atoms with Gasteiger partial charge in [0.25, 0.3) is 0 Å². The minimum atomic E-state index is -1.51. The Hall–Kier alpha value is 1.06. The van der Waals surface area contributed by atoms with Gasteiger partial charge in [0.15, 0.2) is 0 Å². The van der Waals surface area contributed by atoms with Crippen molar-refractivity contribution >= 4 is 174 Å². The number of benzene rings is 3. The molecule has 0 radical (unpaired) electrons. The second-order valence-corrected chi connectivity index (χ2v) is 11.9. The highest BCUT2D eigenvalue weighted by molar-refractivity contribution is 6.58. The number of halogens is 14. The molecular formula is C20HCl14O2-. The van der Waals surface area contributed by atoms with Crippen LogP contribution in [0.25, 0.3) is 11.5 Å². The molecule has 0 fully saturated rings. The van der Waals surface area contributed by atoms with Crippen molar-refractivity contribution in [3.8, 4) is 0 Å². The molecule has 0 amide bonds. The maximum Gasteiger partial charge on any atom is 0.0809 e. The Morgan fingerprint density at radius 2 is 0.583 bits per heavy atom. The van der Waals surface area contributed by atoms with E-state index in [4.69, 9.17) is 162 Å². The van der Waals surface area contributed by atoms with E-state index in [1.165, 1.54) is 0 Å². The molecule has 2 nitrogen and oxygen atoms in total. The first-order valence-electron chi connectivity index (χ1n) is 8.57. The van der Waals surface area contributed by atoms with Crippen LogP contribution in [0.4, 0.5) is 0 Å². The van der Waals surface area contributed by atoms with Crippen LogP contribution >= 0.6 is 162 Å². The van der Waals surface area contributed by atoms with Gasteiger partial charge < -0.3 is 10.2 Å². The lowest BCUT2D eigenvalue weighted by molar-refractivity contribution is -0.283. The molecule has 3 aromatic carbocycles. The largest absolute Gasteiger partial charge is 0.629 e. The molecule has 3 aromatic rings. The van der Waals surface area contributed by atoms with Crippen molar-refractivity contribution < 1.29 is 10.2 Å². The predicted molar refractivity (Wildman–Crippen MR) is 156 cm³/mol. The Balaban J connectivity index is 2.91. The third-order valence-electron chi connectivity index (χ3n) is 4.65. The first-order chi connectivity index (χ1) is 16.6. The van der Waals surface area contributed by atoms with Crippen molar-refractivity contribution in [1.82, 2.24) is 0 Å². The Kier molecular flexibility index (Phi) is 10.4. The van der Waals surface area contributed by atoms with Crippen molar-refractivity contribution in [3.63, 3.8) is 0 Å². The molecule has 0 saturated carbocycles. The van der Waals surface area contributed by atoms with Crippen LogP contribution in [0, 0.1) is 0 Å². The molecule has 0 heterocycles. The van der Waals surface area contributed by atoms with Crippen molar-refractivity contribution in [1.29, 1.82) is 0 Å². The third-order valence-corrected chi connectivity index (χ3v) is 10.9. The summed E-state index contributed by atoms with van der Waals surface area (Å²) in [5, 5.41) is 16.6. The number of aliphatic hydroxyl groups is 1. The summed E-state index contributed by atoms with van der Waals surface area (Å²) in [6.07, 6.45) is 0. The van der Waals surface area contributed by atoms with E-state index in [0.717, 1.165) is 0 Å². The molecule has 16 heteroatoms. The van der Waals surface area contributed by atoms with E-state index in [0.29, 0.717) is 0 Å². The zero-order chi connectivity index (χ0) is 27.5. The fraction of sp³-hybridized carbons (Fsp3) is 0. The van der Waals surface area contributed by atoms with E-state index in [-0.39, 0.29) is 72.1 Å². The second-order valence-electron chi connectivity index (χ2n) is 6.58. The molecule has 1 N–H and O–H groups in total. The van der Waals surface area contributed by atoms with E-state index >= 15 is 0 Å². The molecule has 0 unspecified atom stereocenters. The number of hydrogen-bond donors (Lipinski definition) is 1. The lowest BCUT2D eigenvalue weighted by Gasteiger charge is -2.21. The van der Waals surface area contributed by atoms with Crippen LogP contribution in [0.3, 0.4) is 0 Å². The first-order valence-corrected chi connectivity index (χ1v) is 13.9. The average Bonchev–Trinajstić information content (AvgIpc) is 2.82. The molecule has 0 bridgehead atoms. The minimum Gasteiger partial charge on any atom is -0.629 e. The second kappa shape index (κ2) is 11.9. The molecule has 0 aliphatic rings. The van der Waals surface area contributed by atoms with Gasteiger partial charge in [0.1, 0.15) is 0 Å². The molecule has 192 valence electrons. The van der Waals surface area contributed by atoms with Gasteiger partial charge in [-0.15, -0.1) is 0 Å². The molecule has 0 atom stereocenters. The van der Waals surface area contributed by atoms with Gasteiger partial charge in [-0.3, -0.25) is 0 Å². The van der Waals surface area contributed by atoms with Gasteiger partial charge in [-0.05, 0) is 0 Å². The monoisotopic (exact) mass is 763 g/mol. The Labute approximate surface area is 273 Å². The van der Waals surface area contributed by atoms with Gasteiger partial charge in [0, 0.05) is 27.1 Å². The fourth-order valence-corrected chi connectivity index (χ4v) is 6.92. The standard InChI is InChI=1S/C20H2Cl14O2/c21-6-2(7(22)13(28)5(12(6)27)20(35)36)1(3-8(23)14(29)18(33)15(30)9(3)24)4-10(25)16(31)19(34)17(32)11(4)26/h35-36H/p-1. The lowest BCUT2D eigenvalue weighted by Crippen LogP contribution is -2.25. The van der Waals surface area contributed by atoms with E-state index < -0.39 is 31.3 Å². The molecule has 36 heavy (non-hydrogen) atoms. The molecular weight excluding hydrogens is 769 g/mol. The Morgan fingerprint density at radius 3 is 0.833 bits per heavy atom. The summed E-state index contributed by atoms with van der Waals surface area (Å²) in [7, 11) is 0. The summed E-state index contributed by atoms with van der Waals surface area (Å²) in [4.78, 5) is 0. The SMILES string of the molecule is [O-]C(O)=c1c(Cl)c(Cl)c(=C(c2c(Cl)c(Cl)c(Cl)c(Cl)c2Cl)c2c(Cl)c(Cl)c(Cl)c(Cl)c2Cl)c(Cl)c1Cl. The first kappa shape index (κ1) is 31.6. The highest BCUT2D eigenvalue weighted by atomic mass is 35.5. The Bertz CT molecular complexity index is 1430. The van der Waals surface area contributed by atoms with E-state index in [9.17, 15) is 10.2 Å². The topological polar surface area (TPSA) is 43.3 Å². The maximum atomic E-state index is 11.8. The van der Waals surface area contributed by atoms with Gasteiger partial charge >= 0.3 is 0 Å². The summed E-state index contributed by atoms with van der Waals surface area (Å²) >= 11 is 89.3. The van der Waals surface area contributed by atoms with Crippen molar-refractivity contribution in [2.24, 2.45) is 0 Å². The lowest BCUT2D eigenvalue weighted by atomic mass is 9.94. The van der Waals surface area contributed by atoms with Crippen molar-refractivity contribution in [3.05, 3.63) is 91.9 Å². The smallest absolute Gasteiger partial charge is 0.0809 e. The van der Waals surface area contributed by atoms with Crippen LogP contribution in [-0.4, -0.2) is 5.11 Å². The highest BCUT2D eigenvalue weighted by Crippen LogP contribution is 2.52. The maximum absolute atomic E-state index is 11.8. The van der Waals surface area contributed by atoms with Crippen LogP contribution in [0.2, 0.25) is 70.3 Å². The quantitative estimate of drug-likeness (QED) is 0.208. The zero-order valence-corrected chi connectivity index (χ0v) is 26.7. The predicted octanol–water partition coefficient (Wildman–Crippen LogP) is 11.1. The normalized spacial score (nSPS) is 11.3. The van der Waals surface area contributed by atoms with E-state index in [1.807, 2.05) is 0 Å². The highest BCUT2D eigenvalue weighted by Gasteiger charge is 2.31. The van der Waals surface area contributed by atoms with Crippen LogP contribution in [0.1, 0.15) is 11.1 Å². The van der Waals surface area contributed by atoms with Gasteiger partial charge in [-0.25, -0.2) is 0 Å². The van der Waals surface area contributed by atoms with Gasteiger partial charge in [0.05, 0.1) is 76.3 Å². The van der Waals surface area contributed by atoms with E-state index in [1.54, 1.807) is 0 Å². The van der Waals surface area contributed by atoms with Crippen molar-refractivity contribution in [2.75, 3.05) is 0 Å². The molecule has 0 saturated heterocycles. The zero-order valence-electron chi connectivity index (χ0n) is 16.1. The fourth-order valence-electron chi connectivity index (χ4n) is 3.06. The van der Waals surface area contributed by atoms with E-state index in [2.05, 4.69) is 0 Å². The van der Waals surface area contributed by atoms with Crippen LogP contribution in [0.5, 0.6) is 0 Å². The molecule has 3 rings (SSSR count). The van der Waals surface area contributed by atoms with Gasteiger partial charge in [-0.2, -0.15) is 0 Å². The van der Waals surface area contributed by atoms with Gasteiger partial charge in [-0.1, -0.05) is 162 Å². The third kappa shape index (κ3) is 5.13. The number of aliphatic hydroxyl groups excluding tert-OH is 1. The molecule has 0 aliphatic carbocycles. The van der Waals surface area contributed by atoms with Crippen LogP contribution in [0.15, 0.2) is 0 Å². The average molecular weight is 770 g/mol. The summed E-state index contributed by atoms with van der Waals surface area (Å²) in [5.74, 6) is -1.51. The Morgan fingerprint density at radius 1 is 0.361 bits per heavy atom. The summed E-state index contributed by atoms with van der Waals surface area (Å²) < 4.78 is 0. The van der Waals surface area contributed by atoms with Crippen LogP contribution in [-0.2, 0) is 0 Å². The number of hydrogen-bond acceptors (Lipinski definition) is 2. The summed E-state index contributed by atoms with van der Waals surface area (Å²) in [6.45, 7) is 0. The molecule has 0 aliphatic heterocycles. The summed E-state index contributed by atoms with van der Waals surface area (Å²) in [5.41, 5.74) is -0.457.